The van der Waals surface area contributed by atoms with Crippen molar-refractivity contribution in [3.63, 3.8) is 0 Å². The highest BCUT2D eigenvalue weighted by Crippen LogP contribution is 2.16. The van der Waals surface area contributed by atoms with Gasteiger partial charge in [-0.3, -0.25) is 14.3 Å². The van der Waals surface area contributed by atoms with Gasteiger partial charge in [0.15, 0.2) is 0 Å². The lowest BCUT2D eigenvalue weighted by Crippen LogP contribution is -2.51. The molecule has 2 heterocycles. The predicted octanol–water partition coefficient (Wildman–Crippen LogP) is 0.139. The zero-order chi connectivity index (χ0) is 15.4. The van der Waals surface area contributed by atoms with Crippen molar-refractivity contribution in [3.05, 3.63) is 47.8 Å². The molecule has 1 atom stereocenters. The molecular formula is C15H17N5O2. The molecule has 3 rings (SSSR count). The Kier molecular flexibility index (Phi) is 4.13. The fourth-order valence-electron chi connectivity index (χ4n) is 2.51. The van der Waals surface area contributed by atoms with Gasteiger partial charge in [0.1, 0.15) is 6.04 Å². The maximum Gasteiger partial charge on any atom is 0.252 e. The maximum absolute atomic E-state index is 12.2. The highest BCUT2D eigenvalue weighted by molar-refractivity contribution is 6.00. The Morgan fingerprint density at radius 3 is 3.09 bits per heavy atom. The van der Waals surface area contributed by atoms with E-state index in [1.165, 1.54) is 0 Å². The molecule has 0 aliphatic carbocycles. The molecule has 22 heavy (non-hydrogen) atoms. The molecule has 114 valence electrons. The average Bonchev–Trinajstić information content (AvgIpc) is 3.04. The molecule has 0 saturated carbocycles. The smallest absolute Gasteiger partial charge is 0.252 e. The van der Waals surface area contributed by atoms with Gasteiger partial charge in [-0.15, -0.1) is 5.10 Å². The van der Waals surface area contributed by atoms with E-state index in [2.05, 4.69) is 20.9 Å². The van der Waals surface area contributed by atoms with Crippen LogP contribution in [0.4, 0.5) is 0 Å². The highest BCUT2D eigenvalue weighted by atomic mass is 16.2. The lowest BCUT2D eigenvalue weighted by Gasteiger charge is -2.24. The van der Waals surface area contributed by atoms with Crippen LogP contribution in [-0.2, 0) is 17.8 Å². The number of nitrogens with zero attached hydrogens (tertiary/aromatic N) is 3. The number of hydrogen-bond donors (Lipinski definition) is 2. The van der Waals surface area contributed by atoms with E-state index >= 15 is 0 Å². The molecule has 2 aromatic rings. The monoisotopic (exact) mass is 299 g/mol. The summed E-state index contributed by atoms with van der Waals surface area (Å²) < 4.78 is 1.71. The second-order valence-corrected chi connectivity index (χ2v) is 5.20. The summed E-state index contributed by atoms with van der Waals surface area (Å²) in [5.41, 5.74) is 1.56. The minimum atomic E-state index is -0.506. The molecule has 0 bridgehead atoms. The second-order valence-electron chi connectivity index (χ2n) is 5.20. The van der Waals surface area contributed by atoms with Crippen molar-refractivity contribution >= 4 is 11.8 Å². The van der Waals surface area contributed by atoms with E-state index in [0.29, 0.717) is 25.1 Å². The zero-order valence-corrected chi connectivity index (χ0v) is 12.0. The lowest BCUT2D eigenvalue weighted by atomic mass is 9.95. The third-order valence-corrected chi connectivity index (χ3v) is 3.64. The van der Waals surface area contributed by atoms with Crippen molar-refractivity contribution in [1.29, 1.82) is 0 Å². The van der Waals surface area contributed by atoms with Crippen LogP contribution in [0, 0.1) is 0 Å². The third-order valence-electron chi connectivity index (χ3n) is 3.64. The average molecular weight is 299 g/mol. The molecular weight excluding hydrogens is 282 g/mol. The van der Waals surface area contributed by atoms with Gasteiger partial charge in [0.2, 0.25) is 5.91 Å². The summed E-state index contributed by atoms with van der Waals surface area (Å²) in [6, 6.07) is 6.86. The van der Waals surface area contributed by atoms with Crippen LogP contribution < -0.4 is 10.6 Å². The van der Waals surface area contributed by atoms with Crippen molar-refractivity contribution in [1.82, 2.24) is 25.6 Å². The summed E-state index contributed by atoms with van der Waals surface area (Å²) >= 11 is 0. The molecule has 2 amide bonds. The van der Waals surface area contributed by atoms with Crippen LogP contribution in [0.5, 0.6) is 0 Å². The van der Waals surface area contributed by atoms with E-state index < -0.39 is 6.04 Å². The van der Waals surface area contributed by atoms with Crippen LogP contribution in [0.2, 0.25) is 0 Å². The topological polar surface area (TPSA) is 88.9 Å². The normalized spacial score (nSPS) is 16.7. The van der Waals surface area contributed by atoms with Crippen LogP contribution in [0.1, 0.15) is 22.3 Å². The van der Waals surface area contributed by atoms with E-state index in [0.717, 1.165) is 12.0 Å². The van der Waals surface area contributed by atoms with E-state index in [1.54, 1.807) is 23.1 Å². The Hall–Kier alpha value is -2.70. The van der Waals surface area contributed by atoms with Crippen LogP contribution in [0.25, 0.3) is 0 Å². The number of carbonyl (C=O) groups is 2. The fourth-order valence-corrected chi connectivity index (χ4v) is 2.51. The Morgan fingerprint density at radius 1 is 1.41 bits per heavy atom. The molecule has 2 N–H and O–H groups in total. The first-order chi connectivity index (χ1) is 10.7. The number of rotatable bonds is 5. The summed E-state index contributed by atoms with van der Waals surface area (Å²) in [6.07, 6.45) is 4.68. The van der Waals surface area contributed by atoms with Crippen molar-refractivity contribution in [3.8, 4) is 0 Å². The minimum Gasteiger partial charge on any atom is -0.354 e. The molecule has 1 aromatic heterocycles. The van der Waals surface area contributed by atoms with Gasteiger partial charge in [0, 0.05) is 31.3 Å². The molecule has 0 radical (unpaired) electrons. The van der Waals surface area contributed by atoms with E-state index in [-0.39, 0.29) is 11.8 Å². The van der Waals surface area contributed by atoms with Crippen LogP contribution >= 0.6 is 0 Å². The van der Waals surface area contributed by atoms with Gasteiger partial charge < -0.3 is 10.6 Å². The Balaban J connectivity index is 1.50. The number of fused-ring (bicyclic) bond motifs is 1. The number of aromatic nitrogens is 3. The standard InChI is InChI=1S/C15H17N5O2/c21-14-12-5-2-1-4-11(12)10-13(18-14)15(22)16-6-3-8-20-9-7-17-19-20/h1-2,4-5,7,9,13H,3,6,8,10H2,(H,16,22)(H,18,21)/t13-/m1/s1. The molecule has 1 aliphatic heterocycles. The first kappa shape index (κ1) is 14.2. The third kappa shape index (κ3) is 3.13. The number of benzene rings is 1. The van der Waals surface area contributed by atoms with E-state index in [1.807, 2.05) is 18.2 Å². The summed E-state index contributed by atoms with van der Waals surface area (Å²) in [5, 5.41) is 13.2. The van der Waals surface area contributed by atoms with Crippen molar-refractivity contribution in [2.45, 2.75) is 25.4 Å². The lowest BCUT2D eigenvalue weighted by molar-refractivity contribution is -0.123. The molecule has 0 unspecified atom stereocenters. The molecule has 0 spiro atoms. The Labute approximate surface area is 127 Å². The van der Waals surface area contributed by atoms with Gasteiger partial charge >= 0.3 is 0 Å². The molecule has 0 saturated heterocycles. The summed E-state index contributed by atoms with van der Waals surface area (Å²) in [6.45, 7) is 1.23. The van der Waals surface area contributed by atoms with Gasteiger partial charge in [0.25, 0.3) is 5.91 Å². The van der Waals surface area contributed by atoms with Crippen molar-refractivity contribution in [2.24, 2.45) is 0 Å². The molecule has 7 nitrogen and oxygen atoms in total. The van der Waals surface area contributed by atoms with Gasteiger partial charge in [-0.25, -0.2) is 0 Å². The van der Waals surface area contributed by atoms with Gasteiger partial charge in [-0.1, -0.05) is 23.4 Å². The first-order valence-corrected chi connectivity index (χ1v) is 7.24. The highest BCUT2D eigenvalue weighted by Gasteiger charge is 2.28. The van der Waals surface area contributed by atoms with Crippen LogP contribution in [0.3, 0.4) is 0 Å². The first-order valence-electron chi connectivity index (χ1n) is 7.24. The van der Waals surface area contributed by atoms with E-state index in [4.69, 9.17) is 0 Å². The number of aryl methyl sites for hydroxylation is 1. The molecule has 0 fully saturated rings. The summed E-state index contributed by atoms with van der Waals surface area (Å²) in [7, 11) is 0. The molecule has 1 aromatic carbocycles. The van der Waals surface area contributed by atoms with Crippen molar-refractivity contribution in [2.75, 3.05) is 6.54 Å². The SMILES string of the molecule is O=C1N[C@@H](C(=O)NCCCn2ccnn2)Cc2ccccc21. The van der Waals surface area contributed by atoms with Gasteiger partial charge in [-0.2, -0.15) is 0 Å². The zero-order valence-electron chi connectivity index (χ0n) is 12.0. The quantitative estimate of drug-likeness (QED) is 0.769. The molecule has 1 aliphatic rings. The summed E-state index contributed by atoms with van der Waals surface area (Å²) in [5.74, 6) is -0.342. The number of hydrogen-bond acceptors (Lipinski definition) is 4. The number of amides is 2. The minimum absolute atomic E-state index is 0.151. The fraction of sp³-hybridized carbons (Fsp3) is 0.333. The maximum atomic E-state index is 12.2. The summed E-state index contributed by atoms with van der Waals surface area (Å²) in [4.78, 5) is 24.1. The van der Waals surface area contributed by atoms with E-state index in [9.17, 15) is 9.59 Å². The number of carbonyl (C=O) groups excluding carboxylic acids is 2. The van der Waals surface area contributed by atoms with Crippen LogP contribution in [0.15, 0.2) is 36.7 Å². The Bertz CT molecular complexity index is 668. The Morgan fingerprint density at radius 2 is 2.27 bits per heavy atom. The largest absolute Gasteiger partial charge is 0.354 e. The molecule has 7 heteroatoms. The van der Waals surface area contributed by atoms with Crippen molar-refractivity contribution < 1.29 is 9.59 Å². The number of nitrogens with one attached hydrogen (secondary N) is 2. The second kappa shape index (κ2) is 6.38. The van der Waals surface area contributed by atoms with Gasteiger partial charge in [0.05, 0.1) is 6.20 Å². The predicted molar refractivity (Wildman–Crippen MR) is 79.0 cm³/mol. The van der Waals surface area contributed by atoms with Crippen LogP contribution in [-0.4, -0.2) is 39.4 Å². The van der Waals surface area contributed by atoms with Gasteiger partial charge in [-0.05, 0) is 18.1 Å².